The number of amides is 2. The molecule has 0 aliphatic heterocycles. The first-order chi connectivity index (χ1) is 6.97. The van der Waals surface area contributed by atoms with E-state index in [0.717, 1.165) is 12.2 Å². The van der Waals surface area contributed by atoms with Crippen LogP contribution in [0, 0.1) is 0 Å². The van der Waals surface area contributed by atoms with Gasteiger partial charge >= 0.3 is 12.1 Å². The first-order valence-corrected chi connectivity index (χ1v) is 3.93. The SMILES string of the molecule is C=CC(=O)NC(=O)OCC.C=CC(=O)O. The summed E-state index contributed by atoms with van der Waals surface area (Å²) in [5, 5.41) is 9.52. The third kappa shape index (κ3) is 14.7. The number of ether oxygens (including phenoxy) is 1. The molecule has 0 aliphatic rings. The first-order valence-electron chi connectivity index (χ1n) is 3.93. The van der Waals surface area contributed by atoms with E-state index in [1.165, 1.54) is 0 Å². The number of aliphatic carboxylic acids is 1. The molecule has 0 unspecified atom stereocenters. The lowest BCUT2D eigenvalue weighted by Crippen LogP contribution is -2.29. The molecule has 0 aromatic carbocycles. The zero-order valence-corrected chi connectivity index (χ0v) is 8.36. The summed E-state index contributed by atoms with van der Waals surface area (Å²) in [7, 11) is 0. The molecule has 0 fully saturated rings. The quantitative estimate of drug-likeness (QED) is 0.676. The number of carbonyl (C=O) groups is 3. The predicted octanol–water partition coefficient (Wildman–Crippen LogP) is 0.702. The van der Waals surface area contributed by atoms with Crippen molar-refractivity contribution in [2.24, 2.45) is 0 Å². The number of rotatable bonds is 3. The number of hydrogen-bond acceptors (Lipinski definition) is 4. The summed E-state index contributed by atoms with van der Waals surface area (Å²) in [4.78, 5) is 30.0. The molecule has 0 bridgehead atoms. The second-order valence-electron chi connectivity index (χ2n) is 1.96. The normalized spacial score (nSPS) is 7.53. The molecular weight excluding hydrogens is 202 g/mol. The van der Waals surface area contributed by atoms with Gasteiger partial charge in [0.2, 0.25) is 0 Å². The summed E-state index contributed by atoms with van der Waals surface area (Å²) in [5.74, 6) is -1.54. The van der Waals surface area contributed by atoms with Crippen molar-refractivity contribution in [1.82, 2.24) is 5.32 Å². The second-order valence-corrected chi connectivity index (χ2v) is 1.96. The second kappa shape index (κ2) is 9.97. The van der Waals surface area contributed by atoms with E-state index in [9.17, 15) is 14.4 Å². The molecule has 0 aromatic heterocycles. The van der Waals surface area contributed by atoms with Gasteiger partial charge in [0.15, 0.2) is 0 Å². The molecule has 0 aliphatic carbocycles. The molecule has 0 heterocycles. The van der Waals surface area contributed by atoms with Gasteiger partial charge in [-0.2, -0.15) is 0 Å². The number of carboxylic acids is 1. The van der Waals surface area contributed by atoms with E-state index in [2.05, 4.69) is 17.9 Å². The van der Waals surface area contributed by atoms with Crippen LogP contribution in [0.25, 0.3) is 0 Å². The Balaban J connectivity index is 0. The van der Waals surface area contributed by atoms with Gasteiger partial charge in [-0.3, -0.25) is 10.1 Å². The predicted molar refractivity (Wildman–Crippen MR) is 53.2 cm³/mol. The van der Waals surface area contributed by atoms with Crippen molar-refractivity contribution in [2.45, 2.75) is 6.92 Å². The molecule has 0 atom stereocenters. The fraction of sp³-hybridized carbons (Fsp3) is 0.222. The Kier molecular flexibility index (Phi) is 10.2. The molecule has 0 radical (unpaired) electrons. The summed E-state index contributed by atoms with van der Waals surface area (Å²) >= 11 is 0. The van der Waals surface area contributed by atoms with Crippen LogP contribution < -0.4 is 5.32 Å². The van der Waals surface area contributed by atoms with Gasteiger partial charge in [-0.05, 0) is 13.0 Å². The van der Waals surface area contributed by atoms with Gasteiger partial charge in [0, 0.05) is 6.08 Å². The highest BCUT2D eigenvalue weighted by atomic mass is 16.5. The molecule has 2 amide bonds. The van der Waals surface area contributed by atoms with E-state index >= 15 is 0 Å². The molecule has 0 spiro atoms. The van der Waals surface area contributed by atoms with E-state index in [-0.39, 0.29) is 6.61 Å². The summed E-state index contributed by atoms with van der Waals surface area (Å²) in [6, 6.07) is 0. The van der Waals surface area contributed by atoms with Crippen LogP contribution in [0.15, 0.2) is 25.3 Å². The Morgan fingerprint density at radius 3 is 2.07 bits per heavy atom. The van der Waals surface area contributed by atoms with Crippen LogP contribution in [0.1, 0.15) is 6.92 Å². The van der Waals surface area contributed by atoms with Crippen molar-refractivity contribution in [3.05, 3.63) is 25.3 Å². The summed E-state index contributed by atoms with van der Waals surface area (Å²) in [6.07, 6.45) is 1.09. The Morgan fingerprint density at radius 1 is 1.33 bits per heavy atom. The lowest BCUT2D eigenvalue weighted by molar-refractivity contribution is -0.131. The summed E-state index contributed by atoms with van der Waals surface area (Å²) < 4.78 is 4.40. The minimum Gasteiger partial charge on any atom is -0.478 e. The Hall–Kier alpha value is -2.11. The zero-order chi connectivity index (χ0) is 12.3. The van der Waals surface area contributed by atoms with Gasteiger partial charge in [0.05, 0.1) is 6.61 Å². The van der Waals surface area contributed by atoms with Crippen LogP contribution in [0.2, 0.25) is 0 Å². The maximum absolute atomic E-state index is 10.4. The molecule has 84 valence electrons. The first kappa shape index (κ1) is 15.4. The van der Waals surface area contributed by atoms with Gasteiger partial charge in [0.25, 0.3) is 5.91 Å². The number of alkyl carbamates (subject to hydrolysis) is 1. The minimum atomic E-state index is -0.981. The fourth-order valence-corrected chi connectivity index (χ4v) is 0.319. The largest absolute Gasteiger partial charge is 0.478 e. The van der Waals surface area contributed by atoms with Crippen molar-refractivity contribution in [3.8, 4) is 0 Å². The molecule has 15 heavy (non-hydrogen) atoms. The van der Waals surface area contributed by atoms with Crippen LogP contribution >= 0.6 is 0 Å². The van der Waals surface area contributed by atoms with Crippen LogP contribution in [0.4, 0.5) is 4.79 Å². The third-order valence-electron chi connectivity index (χ3n) is 0.861. The highest BCUT2D eigenvalue weighted by molar-refractivity contribution is 5.98. The maximum Gasteiger partial charge on any atom is 0.414 e. The standard InChI is InChI=1S/C6H9NO3.C3H4O2/c1-3-5(8)7-6(9)10-4-2;1-2-3(4)5/h3H,1,4H2,2H3,(H,7,8,9);2H,1H2,(H,4,5). The van der Waals surface area contributed by atoms with E-state index in [0.29, 0.717) is 0 Å². The number of hydrogen-bond donors (Lipinski definition) is 2. The fourth-order valence-electron chi connectivity index (χ4n) is 0.319. The van der Waals surface area contributed by atoms with E-state index in [4.69, 9.17) is 5.11 Å². The Labute approximate surface area is 87.2 Å². The number of carbonyl (C=O) groups excluding carboxylic acids is 2. The van der Waals surface area contributed by atoms with Crippen LogP contribution in [0.3, 0.4) is 0 Å². The molecule has 0 saturated heterocycles. The lowest BCUT2D eigenvalue weighted by atomic mass is 10.6. The van der Waals surface area contributed by atoms with Gasteiger partial charge in [-0.1, -0.05) is 13.2 Å². The highest BCUT2D eigenvalue weighted by Crippen LogP contribution is 1.75. The highest BCUT2D eigenvalue weighted by Gasteiger charge is 2.01. The topological polar surface area (TPSA) is 92.7 Å². The van der Waals surface area contributed by atoms with Crippen molar-refractivity contribution in [1.29, 1.82) is 0 Å². The number of carboxylic acid groups (broad SMARTS) is 1. The van der Waals surface area contributed by atoms with Crippen LogP contribution in [-0.4, -0.2) is 29.7 Å². The molecule has 6 nitrogen and oxygen atoms in total. The Morgan fingerprint density at radius 2 is 1.80 bits per heavy atom. The van der Waals surface area contributed by atoms with Gasteiger partial charge < -0.3 is 9.84 Å². The molecule has 0 aromatic rings. The Bertz CT molecular complexity index is 259. The minimum absolute atomic E-state index is 0.246. The van der Waals surface area contributed by atoms with Crippen molar-refractivity contribution in [2.75, 3.05) is 6.61 Å². The van der Waals surface area contributed by atoms with Crippen molar-refractivity contribution in [3.63, 3.8) is 0 Å². The van der Waals surface area contributed by atoms with Crippen molar-refractivity contribution >= 4 is 18.0 Å². The van der Waals surface area contributed by atoms with E-state index in [1.54, 1.807) is 6.92 Å². The number of imide groups is 1. The molecular formula is C9H13NO5. The monoisotopic (exact) mass is 215 g/mol. The lowest BCUT2D eigenvalue weighted by Gasteiger charge is -1.99. The van der Waals surface area contributed by atoms with E-state index in [1.807, 2.05) is 5.32 Å². The zero-order valence-electron chi connectivity index (χ0n) is 8.36. The smallest absolute Gasteiger partial charge is 0.414 e. The van der Waals surface area contributed by atoms with Crippen molar-refractivity contribution < 1.29 is 24.2 Å². The van der Waals surface area contributed by atoms with Crippen LogP contribution in [0.5, 0.6) is 0 Å². The summed E-state index contributed by atoms with van der Waals surface area (Å²) in [6.45, 7) is 8.01. The third-order valence-corrected chi connectivity index (χ3v) is 0.861. The average molecular weight is 215 g/mol. The summed E-state index contributed by atoms with van der Waals surface area (Å²) in [5.41, 5.74) is 0. The molecule has 0 rings (SSSR count). The molecule has 2 N–H and O–H groups in total. The maximum atomic E-state index is 10.4. The van der Waals surface area contributed by atoms with Gasteiger partial charge in [0.1, 0.15) is 0 Å². The van der Waals surface area contributed by atoms with Crippen LogP contribution in [-0.2, 0) is 14.3 Å². The average Bonchev–Trinajstić information content (AvgIpc) is 2.18. The van der Waals surface area contributed by atoms with E-state index < -0.39 is 18.0 Å². The molecule has 6 heteroatoms. The number of nitrogens with one attached hydrogen (secondary N) is 1. The van der Waals surface area contributed by atoms with Gasteiger partial charge in [-0.15, -0.1) is 0 Å². The molecule has 0 saturated carbocycles. The van der Waals surface area contributed by atoms with Gasteiger partial charge in [-0.25, -0.2) is 9.59 Å².